The summed E-state index contributed by atoms with van der Waals surface area (Å²) < 4.78 is 5.32. The van der Waals surface area contributed by atoms with Crippen LogP contribution in [0, 0.1) is 23.7 Å². The standard InChI is InChI=1S/C12H12N2O3S/c15-10(14-12-13-1-2-18-12)8-5-3-6-7(4-5)17-11(16)9(6)8/h1-2,5-9H,3-4H2,(H,13,14,15)/t5-,6+,7+,8-,9+/m1/s1. The van der Waals surface area contributed by atoms with E-state index in [-0.39, 0.29) is 35.7 Å². The summed E-state index contributed by atoms with van der Waals surface area (Å²) in [6, 6.07) is 0. The molecule has 6 heteroatoms. The van der Waals surface area contributed by atoms with Crippen LogP contribution >= 0.6 is 11.3 Å². The van der Waals surface area contributed by atoms with Gasteiger partial charge in [0.25, 0.3) is 0 Å². The Morgan fingerprint density at radius 2 is 2.39 bits per heavy atom. The Hall–Kier alpha value is -1.43. The number of esters is 1. The summed E-state index contributed by atoms with van der Waals surface area (Å²) in [4.78, 5) is 28.1. The Labute approximate surface area is 108 Å². The molecule has 94 valence electrons. The number of rotatable bonds is 2. The minimum atomic E-state index is -0.217. The van der Waals surface area contributed by atoms with Crippen LogP contribution in [-0.4, -0.2) is 23.0 Å². The van der Waals surface area contributed by atoms with Crippen LogP contribution in [0.3, 0.4) is 0 Å². The van der Waals surface area contributed by atoms with E-state index >= 15 is 0 Å². The van der Waals surface area contributed by atoms with Gasteiger partial charge in [-0.1, -0.05) is 0 Å². The van der Waals surface area contributed by atoms with Crippen LogP contribution in [0.2, 0.25) is 0 Å². The quantitative estimate of drug-likeness (QED) is 0.817. The molecule has 1 amide bonds. The van der Waals surface area contributed by atoms with Gasteiger partial charge in [0.2, 0.25) is 5.91 Å². The predicted molar refractivity (Wildman–Crippen MR) is 63.8 cm³/mol. The molecule has 2 bridgehead atoms. The number of thiazole rings is 1. The van der Waals surface area contributed by atoms with E-state index in [2.05, 4.69) is 10.3 Å². The van der Waals surface area contributed by atoms with Gasteiger partial charge in [-0.3, -0.25) is 9.59 Å². The average Bonchev–Trinajstić information content (AvgIpc) is 3.02. The number of nitrogens with one attached hydrogen (secondary N) is 1. The van der Waals surface area contributed by atoms with E-state index in [0.29, 0.717) is 11.0 Å². The van der Waals surface area contributed by atoms with Crippen molar-refractivity contribution in [3.63, 3.8) is 0 Å². The summed E-state index contributed by atoms with van der Waals surface area (Å²) >= 11 is 1.39. The first-order valence-corrected chi connectivity index (χ1v) is 7.03. The molecule has 2 aliphatic carbocycles. The van der Waals surface area contributed by atoms with Crippen molar-refractivity contribution in [3.05, 3.63) is 11.6 Å². The molecule has 4 rings (SSSR count). The second-order valence-electron chi connectivity index (χ2n) is 5.25. The van der Waals surface area contributed by atoms with Crippen molar-refractivity contribution in [2.45, 2.75) is 18.9 Å². The van der Waals surface area contributed by atoms with Gasteiger partial charge < -0.3 is 10.1 Å². The van der Waals surface area contributed by atoms with Gasteiger partial charge in [0.15, 0.2) is 5.13 Å². The lowest BCUT2D eigenvalue weighted by molar-refractivity contribution is -0.145. The number of carbonyl (C=O) groups excluding carboxylic acids is 2. The van der Waals surface area contributed by atoms with E-state index < -0.39 is 0 Å². The van der Waals surface area contributed by atoms with Crippen molar-refractivity contribution in [3.8, 4) is 0 Å². The number of nitrogens with zero attached hydrogens (tertiary/aromatic N) is 1. The highest BCUT2D eigenvalue weighted by atomic mass is 32.1. The maximum Gasteiger partial charge on any atom is 0.310 e. The number of ether oxygens (including phenoxy) is 1. The lowest BCUT2D eigenvalue weighted by Gasteiger charge is -2.22. The molecule has 5 atom stereocenters. The molecule has 0 radical (unpaired) electrons. The summed E-state index contributed by atoms with van der Waals surface area (Å²) in [5.74, 6) is -0.103. The SMILES string of the molecule is O=C(Nc1nccs1)[C@@H]1[C@@H]2C[C@@H]3[C@@H]1C(=O)O[C@H]3C2. The van der Waals surface area contributed by atoms with Gasteiger partial charge in [0.05, 0.1) is 11.8 Å². The zero-order chi connectivity index (χ0) is 12.3. The third-order valence-corrected chi connectivity index (χ3v) is 5.14. The maximum atomic E-state index is 12.3. The molecule has 0 unspecified atom stereocenters. The van der Waals surface area contributed by atoms with Crippen LogP contribution < -0.4 is 5.32 Å². The van der Waals surface area contributed by atoms with Crippen LogP contribution in [-0.2, 0) is 14.3 Å². The Balaban J connectivity index is 1.58. The molecule has 1 aliphatic heterocycles. The van der Waals surface area contributed by atoms with Crippen LogP contribution in [0.25, 0.3) is 0 Å². The second kappa shape index (κ2) is 3.54. The van der Waals surface area contributed by atoms with Crippen LogP contribution in [0.4, 0.5) is 5.13 Å². The summed E-state index contributed by atoms with van der Waals surface area (Å²) in [5.41, 5.74) is 0. The fourth-order valence-corrected chi connectivity index (χ4v) is 4.37. The highest BCUT2D eigenvalue weighted by molar-refractivity contribution is 7.13. The lowest BCUT2D eigenvalue weighted by Crippen LogP contribution is -2.35. The zero-order valence-electron chi connectivity index (χ0n) is 9.54. The Morgan fingerprint density at radius 3 is 3.17 bits per heavy atom. The number of amides is 1. The molecule has 3 fully saturated rings. The summed E-state index contributed by atoms with van der Waals surface area (Å²) in [5, 5.41) is 5.23. The lowest BCUT2D eigenvalue weighted by atomic mass is 9.79. The molecule has 0 aromatic carbocycles. The van der Waals surface area contributed by atoms with Gasteiger partial charge in [0, 0.05) is 17.5 Å². The largest absolute Gasteiger partial charge is 0.462 e. The van der Waals surface area contributed by atoms with Gasteiger partial charge in [-0.2, -0.15) is 0 Å². The Bertz CT molecular complexity index is 513. The number of hydrogen-bond acceptors (Lipinski definition) is 5. The van der Waals surface area contributed by atoms with Gasteiger partial charge in [-0.25, -0.2) is 4.98 Å². The van der Waals surface area contributed by atoms with Crippen LogP contribution in [0.15, 0.2) is 11.6 Å². The number of aromatic nitrogens is 1. The van der Waals surface area contributed by atoms with E-state index in [1.807, 2.05) is 5.38 Å². The smallest absolute Gasteiger partial charge is 0.310 e. The number of carbonyl (C=O) groups is 2. The number of fused-ring (bicyclic) bond motifs is 1. The minimum Gasteiger partial charge on any atom is -0.462 e. The van der Waals surface area contributed by atoms with E-state index in [9.17, 15) is 9.59 Å². The fraction of sp³-hybridized carbons (Fsp3) is 0.583. The van der Waals surface area contributed by atoms with Crippen molar-refractivity contribution in [2.75, 3.05) is 5.32 Å². The summed E-state index contributed by atoms with van der Waals surface area (Å²) in [6.45, 7) is 0. The van der Waals surface area contributed by atoms with Crippen LogP contribution in [0.1, 0.15) is 12.8 Å². The summed E-state index contributed by atoms with van der Waals surface area (Å²) in [7, 11) is 0. The molecule has 2 heterocycles. The number of hydrogen-bond donors (Lipinski definition) is 1. The van der Waals surface area contributed by atoms with E-state index in [4.69, 9.17) is 4.74 Å². The van der Waals surface area contributed by atoms with Crippen LogP contribution in [0.5, 0.6) is 0 Å². The van der Waals surface area contributed by atoms with Crippen molar-refractivity contribution in [1.29, 1.82) is 0 Å². The molecule has 1 aromatic heterocycles. The van der Waals surface area contributed by atoms with Gasteiger partial charge in [-0.15, -0.1) is 11.3 Å². The first-order chi connectivity index (χ1) is 8.74. The van der Waals surface area contributed by atoms with E-state index in [1.54, 1.807) is 6.20 Å². The zero-order valence-corrected chi connectivity index (χ0v) is 10.4. The minimum absolute atomic E-state index is 0.0697. The molecule has 1 saturated heterocycles. The monoisotopic (exact) mass is 264 g/mol. The molecule has 1 N–H and O–H groups in total. The topological polar surface area (TPSA) is 68.3 Å². The van der Waals surface area contributed by atoms with Gasteiger partial charge in [-0.05, 0) is 18.8 Å². The molecule has 2 saturated carbocycles. The second-order valence-corrected chi connectivity index (χ2v) is 6.14. The molecular weight excluding hydrogens is 252 g/mol. The van der Waals surface area contributed by atoms with Crippen molar-refractivity contribution < 1.29 is 14.3 Å². The maximum absolute atomic E-state index is 12.3. The third-order valence-electron chi connectivity index (χ3n) is 4.45. The van der Waals surface area contributed by atoms with E-state index in [1.165, 1.54) is 11.3 Å². The average molecular weight is 264 g/mol. The first kappa shape index (κ1) is 10.5. The molecule has 18 heavy (non-hydrogen) atoms. The molecule has 5 nitrogen and oxygen atoms in total. The molecule has 3 aliphatic rings. The van der Waals surface area contributed by atoms with Crippen molar-refractivity contribution >= 4 is 28.3 Å². The molecule has 1 aromatic rings. The number of anilines is 1. The predicted octanol–water partition coefficient (Wildman–Crippen LogP) is 1.28. The molecular formula is C12H12N2O3S. The van der Waals surface area contributed by atoms with Gasteiger partial charge >= 0.3 is 5.97 Å². The third kappa shape index (κ3) is 1.29. The highest BCUT2D eigenvalue weighted by Gasteiger charge is 2.63. The molecule has 0 spiro atoms. The first-order valence-electron chi connectivity index (χ1n) is 6.15. The Kier molecular flexibility index (Phi) is 2.06. The fourth-order valence-electron chi connectivity index (χ4n) is 3.84. The van der Waals surface area contributed by atoms with Crippen molar-refractivity contribution in [1.82, 2.24) is 4.98 Å². The summed E-state index contributed by atoms with van der Waals surface area (Å²) in [6.07, 6.45) is 3.54. The Morgan fingerprint density at radius 1 is 1.50 bits per heavy atom. The normalized spacial score (nSPS) is 40.0. The van der Waals surface area contributed by atoms with Crippen molar-refractivity contribution in [2.24, 2.45) is 23.7 Å². The highest BCUT2D eigenvalue weighted by Crippen LogP contribution is 2.57. The van der Waals surface area contributed by atoms with E-state index in [0.717, 1.165) is 12.8 Å². The van der Waals surface area contributed by atoms with Gasteiger partial charge in [0.1, 0.15) is 6.10 Å².